The summed E-state index contributed by atoms with van der Waals surface area (Å²) in [5.74, 6) is 0.942. The van der Waals surface area contributed by atoms with Crippen molar-refractivity contribution in [1.82, 2.24) is 0 Å². The van der Waals surface area contributed by atoms with Crippen LogP contribution in [0.4, 0.5) is 0 Å². The van der Waals surface area contributed by atoms with Gasteiger partial charge in [0, 0.05) is 0 Å². The Labute approximate surface area is 243 Å². The Balaban J connectivity index is 1.67. The van der Waals surface area contributed by atoms with Gasteiger partial charge in [-0.25, -0.2) is 0 Å². The lowest BCUT2D eigenvalue weighted by atomic mass is 9.85. The highest BCUT2D eigenvalue weighted by Gasteiger charge is 2.17. The minimum atomic E-state index is 0.769. The molecule has 0 amide bonds. The number of aryl methyl sites for hydroxylation is 3. The minimum absolute atomic E-state index is 0.769. The fraction of sp³-hybridized carbons (Fsp3) is 0.333. The highest BCUT2D eigenvalue weighted by atomic mass is 16.5. The zero-order chi connectivity index (χ0) is 28.2. The maximum Gasteiger partial charge on any atom is 0.119 e. The van der Waals surface area contributed by atoms with Crippen molar-refractivity contribution in [2.75, 3.05) is 6.61 Å². The fourth-order valence-electron chi connectivity index (χ4n) is 5.32. The second-order valence-electron chi connectivity index (χ2n) is 11.2. The summed E-state index contributed by atoms with van der Waals surface area (Å²) in [6, 6.07) is 35.4. The zero-order valence-electron chi connectivity index (χ0n) is 25.0. The predicted molar refractivity (Wildman–Crippen MR) is 173 cm³/mol. The van der Waals surface area contributed by atoms with Crippen LogP contribution in [0.15, 0.2) is 97.1 Å². The fourth-order valence-corrected chi connectivity index (χ4v) is 5.32. The third-order valence-corrected chi connectivity index (χ3v) is 7.63. The van der Waals surface area contributed by atoms with Crippen LogP contribution in [-0.2, 0) is 0 Å². The van der Waals surface area contributed by atoms with Crippen molar-refractivity contribution >= 4 is 11.1 Å². The van der Waals surface area contributed by atoms with Crippen molar-refractivity contribution in [3.05, 3.63) is 136 Å². The van der Waals surface area contributed by atoms with Crippen LogP contribution in [-0.4, -0.2) is 6.61 Å². The number of benzene rings is 4. The topological polar surface area (TPSA) is 9.23 Å². The lowest BCUT2D eigenvalue weighted by Gasteiger charge is -2.19. The molecule has 4 aromatic rings. The van der Waals surface area contributed by atoms with E-state index in [-0.39, 0.29) is 0 Å². The van der Waals surface area contributed by atoms with E-state index in [1.54, 1.807) is 0 Å². The Hall–Kier alpha value is -3.58. The van der Waals surface area contributed by atoms with Crippen LogP contribution in [0.3, 0.4) is 0 Å². The number of rotatable bonds is 14. The Kier molecular flexibility index (Phi) is 11.2. The average molecular weight is 531 g/mol. The van der Waals surface area contributed by atoms with E-state index < -0.39 is 0 Å². The van der Waals surface area contributed by atoms with Crippen molar-refractivity contribution in [3.63, 3.8) is 0 Å². The molecule has 0 unspecified atom stereocenters. The highest BCUT2D eigenvalue weighted by Crippen LogP contribution is 2.38. The Bertz CT molecular complexity index is 1360. The molecule has 0 aliphatic carbocycles. The van der Waals surface area contributed by atoms with E-state index in [1.807, 2.05) is 0 Å². The summed E-state index contributed by atoms with van der Waals surface area (Å²) in [6.07, 6.45) is 10.4. The zero-order valence-corrected chi connectivity index (χ0v) is 25.0. The first-order valence-corrected chi connectivity index (χ1v) is 15.2. The molecule has 208 valence electrons. The first-order chi connectivity index (χ1) is 19.5. The van der Waals surface area contributed by atoms with Gasteiger partial charge in [0.1, 0.15) is 5.75 Å². The molecule has 0 radical (unpaired) electrons. The van der Waals surface area contributed by atoms with E-state index in [1.165, 1.54) is 95.0 Å². The molecule has 0 saturated carbocycles. The van der Waals surface area contributed by atoms with Crippen molar-refractivity contribution < 1.29 is 4.74 Å². The van der Waals surface area contributed by atoms with Gasteiger partial charge in [-0.1, -0.05) is 153 Å². The molecule has 0 aromatic heterocycles. The Morgan fingerprint density at radius 2 is 0.975 bits per heavy atom. The Morgan fingerprint density at radius 3 is 1.52 bits per heavy atom. The minimum Gasteiger partial charge on any atom is -0.494 e. The van der Waals surface area contributed by atoms with Crippen LogP contribution >= 0.6 is 0 Å². The van der Waals surface area contributed by atoms with Crippen LogP contribution in [0.2, 0.25) is 0 Å². The summed E-state index contributed by atoms with van der Waals surface area (Å²) in [4.78, 5) is 0. The van der Waals surface area contributed by atoms with Gasteiger partial charge < -0.3 is 4.74 Å². The molecule has 4 aromatic carbocycles. The summed E-state index contributed by atoms with van der Waals surface area (Å²) in [5, 5.41) is 0. The van der Waals surface area contributed by atoms with Gasteiger partial charge in [0.2, 0.25) is 0 Å². The molecule has 0 fully saturated rings. The van der Waals surface area contributed by atoms with E-state index in [2.05, 4.69) is 125 Å². The third kappa shape index (κ3) is 8.46. The van der Waals surface area contributed by atoms with Gasteiger partial charge in [-0.15, -0.1) is 0 Å². The van der Waals surface area contributed by atoms with E-state index in [0.717, 1.165) is 18.8 Å². The smallest absolute Gasteiger partial charge is 0.119 e. The molecule has 0 aliphatic rings. The van der Waals surface area contributed by atoms with E-state index in [4.69, 9.17) is 4.74 Å². The SMILES string of the molecule is CCCCCCCCCCOc1cccc(/C(=C(\c2ccc(C)cc2)c2cccc(C)c2)c2ccc(C)cc2)c1. The van der Waals surface area contributed by atoms with E-state index in [0.29, 0.717) is 0 Å². The van der Waals surface area contributed by atoms with Crippen molar-refractivity contribution in [3.8, 4) is 5.75 Å². The molecule has 0 saturated heterocycles. The van der Waals surface area contributed by atoms with Crippen molar-refractivity contribution in [2.45, 2.75) is 79.1 Å². The average Bonchev–Trinajstić information content (AvgIpc) is 2.96. The quantitative estimate of drug-likeness (QED) is 0.116. The monoisotopic (exact) mass is 530 g/mol. The van der Waals surface area contributed by atoms with Gasteiger partial charge in [0.25, 0.3) is 0 Å². The molecular formula is C39H46O. The number of unbranched alkanes of at least 4 members (excludes halogenated alkanes) is 7. The van der Waals surface area contributed by atoms with Crippen molar-refractivity contribution in [1.29, 1.82) is 0 Å². The van der Waals surface area contributed by atoms with Crippen LogP contribution in [0, 0.1) is 20.8 Å². The number of hydrogen-bond donors (Lipinski definition) is 0. The highest BCUT2D eigenvalue weighted by molar-refractivity contribution is 6.04. The standard InChI is InChI=1S/C39H46O/c1-5-6-7-8-9-10-11-12-27-40-37-18-14-17-36(29-37)39(34-25-21-31(3)22-26-34)38(33-23-19-30(2)20-24-33)35-16-13-15-32(4)28-35/h13-26,28-29H,5-12,27H2,1-4H3/b39-38+. The van der Waals surface area contributed by atoms with Gasteiger partial charge in [0.05, 0.1) is 6.61 Å². The predicted octanol–water partition coefficient (Wildman–Crippen LogP) is 11.1. The molecule has 4 rings (SSSR count). The third-order valence-electron chi connectivity index (χ3n) is 7.63. The molecule has 0 N–H and O–H groups in total. The van der Waals surface area contributed by atoms with E-state index in [9.17, 15) is 0 Å². The summed E-state index contributed by atoms with van der Waals surface area (Å²) in [6.45, 7) is 9.51. The molecule has 0 atom stereocenters. The summed E-state index contributed by atoms with van der Waals surface area (Å²) >= 11 is 0. The lowest BCUT2D eigenvalue weighted by molar-refractivity contribution is 0.304. The van der Waals surface area contributed by atoms with Crippen LogP contribution in [0.25, 0.3) is 11.1 Å². The molecule has 1 nitrogen and oxygen atoms in total. The normalized spacial score (nSPS) is 11.8. The van der Waals surface area contributed by atoms with Crippen LogP contribution in [0.1, 0.15) is 97.2 Å². The molecule has 0 bridgehead atoms. The molecule has 40 heavy (non-hydrogen) atoms. The van der Waals surface area contributed by atoms with Crippen LogP contribution in [0.5, 0.6) is 5.75 Å². The maximum absolute atomic E-state index is 6.30. The number of ether oxygens (including phenoxy) is 1. The molecular weight excluding hydrogens is 484 g/mol. The summed E-state index contributed by atoms with van der Waals surface area (Å²) in [7, 11) is 0. The summed E-state index contributed by atoms with van der Waals surface area (Å²) in [5.41, 5.74) is 11.1. The summed E-state index contributed by atoms with van der Waals surface area (Å²) < 4.78 is 6.30. The second-order valence-corrected chi connectivity index (χ2v) is 11.2. The maximum atomic E-state index is 6.30. The van der Waals surface area contributed by atoms with Crippen LogP contribution < -0.4 is 4.74 Å². The number of hydrogen-bond acceptors (Lipinski definition) is 1. The van der Waals surface area contributed by atoms with Gasteiger partial charge >= 0.3 is 0 Å². The molecule has 0 spiro atoms. The first-order valence-electron chi connectivity index (χ1n) is 15.2. The van der Waals surface area contributed by atoms with Gasteiger partial charge in [-0.3, -0.25) is 0 Å². The van der Waals surface area contributed by atoms with Gasteiger partial charge in [0.15, 0.2) is 0 Å². The van der Waals surface area contributed by atoms with E-state index >= 15 is 0 Å². The van der Waals surface area contributed by atoms with Gasteiger partial charge in [-0.05, 0) is 72.7 Å². The van der Waals surface area contributed by atoms with Crippen molar-refractivity contribution in [2.24, 2.45) is 0 Å². The lowest BCUT2D eigenvalue weighted by Crippen LogP contribution is -2.00. The van der Waals surface area contributed by atoms with Gasteiger partial charge in [-0.2, -0.15) is 0 Å². The largest absolute Gasteiger partial charge is 0.494 e. The molecule has 0 heterocycles. The first kappa shape index (κ1) is 29.4. The Morgan fingerprint density at radius 1 is 0.475 bits per heavy atom. The second kappa shape index (κ2) is 15.3. The molecule has 1 heteroatoms. The molecule has 0 aliphatic heterocycles.